The van der Waals surface area contributed by atoms with E-state index in [1.54, 1.807) is 6.92 Å². The summed E-state index contributed by atoms with van der Waals surface area (Å²) in [5.41, 5.74) is 0.898. The summed E-state index contributed by atoms with van der Waals surface area (Å²) in [6, 6.07) is -0.0632. The summed E-state index contributed by atoms with van der Waals surface area (Å²) in [5, 5.41) is 9.02. The zero-order chi connectivity index (χ0) is 11.3. The van der Waals surface area contributed by atoms with E-state index in [9.17, 15) is 4.79 Å². The summed E-state index contributed by atoms with van der Waals surface area (Å²) in [5.74, 6) is 0.701. The number of hydrogen-bond donors (Lipinski definition) is 1. The number of ketones is 1. The van der Waals surface area contributed by atoms with Gasteiger partial charge in [-0.25, -0.2) is 0 Å². The van der Waals surface area contributed by atoms with Crippen LogP contribution in [0.1, 0.15) is 32.9 Å². The number of aromatic nitrogens is 2. The first-order chi connectivity index (χ1) is 7.09. The quantitative estimate of drug-likeness (QED) is 0.802. The molecule has 0 saturated carbocycles. The summed E-state index contributed by atoms with van der Waals surface area (Å²) in [7, 11) is 0. The van der Waals surface area contributed by atoms with Crippen LogP contribution < -0.4 is 5.32 Å². The van der Waals surface area contributed by atoms with Gasteiger partial charge in [0.2, 0.25) is 0 Å². The molecule has 0 aliphatic heterocycles. The Bertz CT molecular complexity index is 298. The maximum absolute atomic E-state index is 11.3. The Morgan fingerprint density at radius 2 is 2.33 bits per heavy atom. The van der Waals surface area contributed by atoms with E-state index in [0.717, 1.165) is 12.1 Å². The Kier molecular flexibility index (Phi) is 4.84. The third kappa shape index (κ3) is 4.48. The summed E-state index contributed by atoms with van der Waals surface area (Å²) >= 11 is 1.33. The lowest BCUT2D eigenvalue weighted by atomic mass is 10.0. The molecular weight excluding hydrogens is 210 g/mol. The van der Waals surface area contributed by atoms with E-state index in [0.29, 0.717) is 12.5 Å². The topological polar surface area (TPSA) is 54.9 Å². The van der Waals surface area contributed by atoms with Crippen molar-refractivity contribution in [2.75, 3.05) is 0 Å². The smallest absolute Gasteiger partial charge is 0.146 e. The predicted molar refractivity (Wildman–Crippen MR) is 60.7 cm³/mol. The molecule has 0 fully saturated rings. The molecule has 1 aromatic rings. The van der Waals surface area contributed by atoms with Gasteiger partial charge in [-0.2, -0.15) is 0 Å². The monoisotopic (exact) mass is 227 g/mol. The SMILES string of the molecule is CC(=O)[C@@H](CC(C)C)NCc1csnn1. The summed E-state index contributed by atoms with van der Waals surface area (Å²) < 4.78 is 3.77. The Morgan fingerprint density at radius 1 is 1.60 bits per heavy atom. The second-order valence-electron chi connectivity index (χ2n) is 4.07. The number of Topliss-reactive ketones (excluding diaryl/α,β-unsaturated/α-hetero) is 1. The highest BCUT2D eigenvalue weighted by atomic mass is 32.1. The highest BCUT2D eigenvalue weighted by Crippen LogP contribution is 2.06. The van der Waals surface area contributed by atoms with Crippen LogP contribution in [0.3, 0.4) is 0 Å². The van der Waals surface area contributed by atoms with E-state index in [1.807, 2.05) is 5.38 Å². The molecule has 0 saturated heterocycles. The number of hydrogen-bond acceptors (Lipinski definition) is 5. The average Bonchev–Trinajstić information content (AvgIpc) is 2.63. The highest BCUT2D eigenvalue weighted by Gasteiger charge is 2.15. The van der Waals surface area contributed by atoms with Crippen LogP contribution in [-0.2, 0) is 11.3 Å². The van der Waals surface area contributed by atoms with E-state index in [-0.39, 0.29) is 11.8 Å². The van der Waals surface area contributed by atoms with Gasteiger partial charge in [-0.15, -0.1) is 5.10 Å². The standard InChI is InChI=1S/C10H17N3OS/c1-7(2)4-10(8(3)14)11-5-9-6-15-13-12-9/h6-7,10-11H,4-5H2,1-3H3/t10-/m1/s1. The molecule has 0 unspecified atom stereocenters. The third-order valence-electron chi connectivity index (χ3n) is 2.13. The Hall–Kier alpha value is -0.810. The lowest BCUT2D eigenvalue weighted by Crippen LogP contribution is -2.36. The Morgan fingerprint density at radius 3 is 2.80 bits per heavy atom. The maximum Gasteiger partial charge on any atom is 0.146 e. The van der Waals surface area contributed by atoms with Gasteiger partial charge >= 0.3 is 0 Å². The van der Waals surface area contributed by atoms with Crippen molar-refractivity contribution in [1.82, 2.24) is 14.9 Å². The average molecular weight is 227 g/mol. The van der Waals surface area contributed by atoms with Gasteiger partial charge in [-0.3, -0.25) is 4.79 Å². The fourth-order valence-corrected chi connectivity index (χ4v) is 1.80. The van der Waals surface area contributed by atoms with Gasteiger partial charge in [0.05, 0.1) is 11.7 Å². The van der Waals surface area contributed by atoms with Crippen LogP contribution in [-0.4, -0.2) is 21.4 Å². The number of carbonyl (C=O) groups excluding carboxylic acids is 1. The molecule has 0 aromatic carbocycles. The van der Waals surface area contributed by atoms with Crippen molar-refractivity contribution in [2.45, 2.75) is 39.8 Å². The van der Waals surface area contributed by atoms with Crippen LogP contribution in [0.2, 0.25) is 0 Å². The largest absolute Gasteiger partial charge is 0.302 e. The number of rotatable bonds is 6. The molecule has 0 radical (unpaired) electrons. The van der Waals surface area contributed by atoms with Crippen molar-refractivity contribution in [3.05, 3.63) is 11.1 Å². The highest BCUT2D eigenvalue weighted by molar-refractivity contribution is 7.03. The van der Waals surface area contributed by atoms with Crippen LogP contribution in [0.15, 0.2) is 5.38 Å². The van der Waals surface area contributed by atoms with Crippen LogP contribution in [0.5, 0.6) is 0 Å². The molecule has 0 aliphatic carbocycles. The Balaban J connectivity index is 2.41. The fraction of sp³-hybridized carbons (Fsp3) is 0.700. The van der Waals surface area contributed by atoms with Gasteiger partial charge in [-0.05, 0) is 30.8 Å². The molecule has 4 nitrogen and oxygen atoms in total. The van der Waals surface area contributed by atoms with Gasteiger partial charge < -0.3 is 5.32 Å². The molecule has 0 bridgehead atoms. The van der Waals surface area contributed by atoms with Gasteiger partial charge in [0, 0.05) is 11.9 Å². The molecular formula is C10H17N3OS. The van der Waals surface area contributed by atoms with Crippen molar-refractivity contribution in [3.63, 3.8) is 0 Å². The fourth-order valence-electron chi connectivity index (χ4n) is 1.35. The van der Waals surface area contributed by atoms with E-state index in [2.05, 4.69) is 28.8 Å². The molecule has 15 heavy (non-hydrogen) atoms. The molecule has 1 heterocycles. The van der Waals surface area contributed by atoms with Crippen LogP contribution in [0.25, 0.3) is 0 Å². The summed E-state index contributed by atoms with van der Waals surface area (Å²) in [4.78, 5) is 11.3. The minimum absolute atomic E-state index is 0.0632. The molecule has 1 aromatic heterocycles. The second kappa shape index (κ2) is 5.92. The van der Waals surface area contributed by atoms with Crippen molar-refractivity contribution in [3.8, 4) is 0 Å². The van der Waals surface area contributed by atoms with Gasteiger partial charge in [0.15, 0.2) is 0 Å². The number of nitrogens with one attached hydrogen (secondary N) is 1. The summed E-state index contributed by atoms with van der Waals surface area (Å²) in [6.45, 7) is 6.47. The van der Waals surface area contributed by atoms with Crippen molar-refractivity contribution in [2.24, 2.45) is 5.92 Å². The lowest BCUT2D eigenvalue weighted by molar-refractivity contribution is -0.119. The van der Waals surface area contributed by atoms with Crippen LogP contribution >= 0.6 is 11.5 Å². The lowest BCUT2D eigenvalue weighted by Gasteiger charge is -2.16. The number of nitrogens with zero attached hydrogens (tertiary/aromatic N) is 2. The van der Waals surface area contributed by atoms with E-state index in [4.69, 9.17) is 0 Å². The molecule has 84 valence electrons. The third-order valence-corrected chi connectivity index (χ3v) is 2.69. The maximum atomic E-state index is 11.3. The molecule has 1 N–H and O–H groups in total. The summed E-state index contributed by atoms with van der Waals surface area (Å²) in [6.07, 6.45) is 0.868. The van der Waals surface area contributed by atoms with E-state index >= 15 is 0 Å². The molecule has 0 spiro atoms. The number of carbonyl (C=O) groups is 1. The molecule has 1 rings (SSSR count). The van der Waals surface area contributed by atoms with E-state index < -0.39 is 0 Å². The van der Waals surface area contributed by atoms with Gasteiger partial charge in [0.25, 0.3) is 0 Å². The zero-order valence-electron chi connectivity index (χ0n) is 9.36. The predicted octanol–water partition coefficient (Wildman–Crippen LogP) is 1.63. The first-order valence-electron chi connectivity index (χ1n) is 5.09. The van der Waals surface area contributed by atoms with Crippen molar-refractivity contribution >= 4 is 17.3 Å². The van der Waals surface area contributed by atoms with Crippen molar-refractivity contribution in [1.29, 1.82) is 0 Å². The minimum atomic E-state index is -0.0632. The van der Waals surface area contributed by atoms with Crippen molar-refractivity contribution < 1.29 is 4.79 Å². The first-order valence-corrected chi connectivity index (χ1v) is 5.93. The first kappa shape index (κ1) is 12.3. The molecule has 5 heteroatoms. The molecule has 0 aliphatic rings. The van der Waals surface area contributed by atoms with E-state index in [1.165, 1.54) is 11.5 Å². The minimum Gasteiger partial charge on any atom is -0.302 e. The zero-order valence-corrected chi connectivity index (χ0v) is 10.2. The molecule has 1 atom stereocenters. The second-order valence-corrected chi connectivity index (χ2v) is 4.68. The van der Waals surface area contributed by atoms with Crippen LogP contribution in [0.4, 0.5) is 0 Å². The van der Waals surface area contributed by atoms with Gasteiger partial charge in [0.1, 0.15) is 5.78 Å². The van der Waals surface area contributed by atoms with Crippen LogP contribution in [0, 0.1) is 5.92 Å². The normalized spacial score (nSPS) is 13.1. The molecule has 0 amide bonds. The Labute approximate surface area is 94.3 Å². The van der Waals surface area contributed by atoms with Gasteiger partial charge in [-0.1, -0.05) is 18.3 Å².